The molecule has 1 aromatic heterocycles. The lowest BCUT2D eigenvalue weighted by Gasteiger charge is -2.24. The first kappa shape index (κ1) is 14.4. The van der Waals surface area contributed by atoms with Crippen molar-refractivity contribution in [2.75, 3.05) is 14.2 Å². The number of rotatable bonds is 1. The lowest BCUT2D eigenvalue weighted by atomic mass is 9.93. The van der Waals surface area contributed by atoms with E-state index >= 15 is 0 Å². The molecule has 3 aromatic carbocycles. The Kier molecular flexibility index (Phi) is 2.91. The minimum atomic E-state index is 0.909. The summed E-state index contributed by atoms with van der Waals surface area (Å²) < 4.78 is 7.96. The lowest BCUT2D eigenvalue weighted by Crippen LogP contribution is -2.99. The van der Waals surface area contributed by atoms with Crippen LogP contribution in [0.25, 0.3) is 32.9 Å². The summed E-state index contributed by atoms with van der Waals surface area (Å²) in [6.07, 6.45) is 0. The Hall–Kier alpha value is -2.91. The van der Waals surface area contributed by atoms with Crippen molar-refractivity contribution in [2.45, 2.75) is 0 Å². The van der Waals surface area contributed by atoms with Crippen LogP contribution < -0.4 is 14.2 Å². The van der Waals surface area contributed by atoms with E-state index in [9.17, 15) is 0 Å². The van der Waals surface area contributed by atoms with E-state index in [0.29, 0.717) is 0 Å². The number of fused-ring (bicyclic) bond motifs is 4. The molecule has 122 valence electrons. The minimum absolute atomic E-state index is 0.909. The Morgan fingerprint density at radius 1 is 0.880 bits per heavy atom. The summed E-state index contributed by atoms with van der Waals surface area (Å²) in [5.74, 6) is 0.909. The molecule has 3 heteroatoms. The number of nitrogens with zero attached hydrogens (tertiary/aromatic N) is 1. The maximum absolute atomic E-state index is 5.62. The predicted octanol–water partition coefficient (Wildman–Crippen LogP) is 3.28. The van der Waals surface area contributed by atoms with Crippen LogP contribution in [0.1, 0.15) is 0 Å². The summed E-state index contributed by atoms with van der Waals surface area (Å²) in [5, 5.41) is 3.83. The molecule has 2 heterocycles. The number of nitrogens with one attached hydrogen (secondary N) is 1. The maximum Gasteiger partial charge on any atom is 0.232 e. The van der Waals surface area contributed by atoms with E-state index in [-0.39, 0.29) is 0 Å². The highest BCUT2D eigenvalue weighted by Crippen LogP contribution is 2.41. The molecule has 0 radical (unpaired) electrons. The van der Waals surface area contributed by atoms with Gasteiger partial charge in [0, 0.05) is 23.6 Å². The second kappa shape index (κ2) is 5.04. The number of benzene rings is 3. The molecule has 1 N–H and O–H groups in total. The highest BCUT2D eigenvalue weighted by atomic mass is 16.5. The summed E-state index contributed by atoms with van der Waals surface area (Å²) in [7, 11) is 6.12. The van der Waals surface area contributed by atoms with Crippen LogP contribution in [0.2, 0.25) is 0 Å². The van der Waals surface area contributed by atoms with Gasteiger partial charge >= 0.3 is 0 Å². The Bertz CT molecular complexity index is 1160. The van der Waals surface area contributed by atoms with E-state index in [1.807, 2.05) is 0 Å². The van der Waals surface area contributed by atoms with Gasteiger partial charge in [-0.2, -0.15) is 4.57 Å². The van der Waals surface area contributed by atoms with Gasteiger partial charge in [-0.25, -0.2) is 0 Å². The largest absolute Gasteiger partial charge is 0.497 e. The van der Waals surface area contributed by atoms with Gasteiger partial charge in [0.2, 0.25) is 11.2 Å². The number of aromatic nitrogens is 1. The highest BCUT2D eigenvalue weighted by Gasteiger charge is 2.35. The zero-order chi connectivity index (χ0) is 17.1. The smallest absolute Gasteiger partial charge is 0.232 e. The minimum Gasteiger partial charge on any atom is -0.497 e. The molecule has 0 fully saturated rings. The van der Waals surface area contributed by atoms with Gasteiger partial charge in [0.05, 0.1) is 19.5 Å². The molecule has 0 saturated carbocycles. The molecule has 1 unspecified atom stereocenters. The average Bonchev–Trinajstić information content (AvgIpc) is 2.67. The summed E-state index contributed by atoms with van der Waals surface area (Å²) in [5.41, 5.74) is 6.39. The zero-order valence-electron chi connectivity index (χ0n) is 14.6. The first-order chi connectivity index (χ1) is 12.2. The van der Waals surface area contributed by atoms with Crippen molar-refractivity contribution in [2.24, 2.45) is 7.05 Å². The molecule has 0 aliphatic carbocycles. The topological polar surface area (TPSA) is 17.6 Å². The van der Waals surface area contributed by atoms with Crippen molar-refractivity contribution in [1.82, 2.24) is 0 Å². The Labute approximate surface area is 146 Å². The molecular formula is C22H20N2O+2. The molecular weight excluding hydrogens is 308 g/mol. The van der Waals surface area contributed by atoms with E-state index in [1.54, 1.807) is 7.11 Å². The summed E-state index contributed by atoms with van der Waals surface area (Å²) in [4.78, 5) is 1.31. The maximum atomic E-state index is 5.62. The number of methoxy groups -OCH3 is 1. The third-order valence-corrected chi connectivity index (χ3v) is 5.47. The number of aryl methyl sites for hydroxylation is 1. The van der Waals surface area contributed by atoms with E-state index < -0.39 is 0 Å². The number of quaternary nitrogens is 1. The summed E-state index contributed by atoms with van der Waals surface area (Å²) in [6, 6.07) is 21.6. The molecule has 4 aromatic rings. The van der Waals surface area contributed by atoms with Crippen molar-refractivity contribution < 1.29 is 14.2 Å². The molecule has 0 spiro atoms. The SMILES string of the molecule is COc1cc2c3c([n+](C)c4ccccc4c3c1)-c1ccccc1[NH+]2C. The second-order valence-electron chi connectivity index (χ2n) is 6.69. The first-order valence-corrected chi connectivity index (χ1v) is 8.57. The normalized spacial score (nSPS) is 15.4. The van der Waals surface area contributed by atoms with Gasteiger partial charge < -0.3 is 4.74 Å². The highest BCUT2D eigenvalue weighted by molar-refractivity contribution is 6.14. The lowest BCUT2D eigenvalue weighted by molar-refractivity contribution is -0.734. The number of pyridine rings is 1. The molecule has 5 rings (SSSR count). The van der Waals surface area contributed by atoms with Crippen molar-refractivity contribution in [1.29, 1.82) is 0 Å². The fraction of sp³-hybridized carbons (Fsp3) is 0.136. The van der Waals surface area contributed by atoms with E-state index in [0.717, 1.165) is 5.75 Å². The molecule has 1 atom stereocenters. The standard InChI is InChI=1S/C22H19N2O/c1-23-19-11-7-5-9-16(19)22-21-17(12-14(25-3)13-20(21)23)15-8-4-6-10-18(15)24(22)2/h4-13H,1-3H3/q+1/p+1. The van der Waals surface area contributed by atoms with Crippen LogP contribution in [0, 0.1) is 0 Å². The summed E-state index contributed by atoms with van der Waals surface area (Å²) >= 11 is 0. The molecule has 0 bridgehead atoms. The van der Waals surface area contributed by atoms with Crippen LogP contribution >= 0.6 is 0 Å². The third-order valence-electron chi connectivity index (χ3n) is 5.47. The van der Waals surface area contributed by atoms with Gasteiger partial charge in [-0.1, -0.05) is 24.3 Å². The second-order valence-corrected chi connectivity index (χ2v) is 6.69. The van der Waals surface area contributed by atoms with Crippen LogP contribution in [-0.2, 0) is 7.05 Å². The van der Waals surface area contributed by atoms with E-state index in [2.05, 4.69) is 79.3 Å². The average molecular weight is 328 g/mol. The van der Waals surface area contributed by atoms with E-state index in [4.69, 9.17) is 4.74 Å². The number of hydrogen-bond donors (Lipinski definition) is 1. The molecule has 1 aliphatic rings. The van der Waals surface area contributed by atoms with Gasteiger partial charge in [-0.15, -0.1) is 0 Å². The molecule has 0 saturated heterocycles. The van der Waals surface area contributed by atoms with Crippen LogP contribution in [0.15, 0.2) is 60.7 Å². The van der Waals surface area contributed by atoms with Crippen LogP contribution in [0.5, 0.6) is 5.75 Å². The predicted molar refractivity (Wildman–Crippen MR) is 101 cm³/mol. The third kappa shape index (κ3) is 1.81. The fourth-order valence-corrected chi connectivity index (χ4v) is 4.26. The number of hydrogen-bond acceptors (Lipinski definition) is 1. The monoisotopic (exact) mass is 328 g/mol. The molecule has 0 amide bonds. The molecule has 3 nitrogen and oxygen atoms in total. The van der Waals surface area contributed by atoms with Gasteiger partial charge in [0.1, 0.15) is 29.4 Å². The Morgan fingerprint density at radius 2 is 1.64 bits per heavy atom. The van der Waals surface area contributed by atoms with Crippen LogP contribution in [0.4, 0.5) is 11.4 Å². The van der Waals surface area contributed by atoms with Gasteiger partial charge in [0.15, 0.2) is 5.69 Å². The van der Waals surface area contributed by atoms with Gasteiger partial charge in [0.25, 0.3) is 0 Å². The van der Waals surface area contributed by atoms with Crippen molar-refractivity contribution in [3.05, 3.63) is 60.7 Å². The Balaban J connectivity index is 2.11. The van der Waals surface area contributed by atoms with E-state index in [1.165, 1.54) is 49.2 Å². The fourth-order valence-electron chi connectivity index (χ4n) is 4.26. The molecule has 25 heavy (non-hydrogen) atoms. The number of ether oxygens (including phenoxy) is 1. The van der Waals surface area contributed by atoms with Crippen molar-refractivity contribution >= 4 is 33.1 Å². The van der Waals surface area contributed by atoms with Gasteiger partial charge in [-0.05, 0) is 18.2 Å². The van der Waals surface area contributed by atoms with Gasteiger partial charge in [-0.3, -0.25) is 4.90 Å². The quantitative estimate of drug-likeness (QED) is 0.419. The first-order valence-electron chi connectivity index (χ1n) is 8.57. The van der Waals surface area contributed by atoms with Crippen LogP contribution in [0.3, 0.4) is 0 Å². The van der Waals surface area contributed by atoms with Crippen molar-refractivity contribution in [3.63, 3.8) is 0 Å². The zero-order valence-corrected chi connectivity index (χ0v) is 14.6. The van der Waals surface area contributed by atoms with Crippen molar-refractivity contribution in [3.8, 4) is 17.0 Å². The summed E-state index contributed by atoms with van der Waals surface area (Å²) in [6.45, 7) is 0. The van der Waals surface area contributed by atoms with Crippen LogP contribution in [-0.4, -0.2) is 14.2 Å². The Morgan fingerprint density at radius 3 is 2.48 bits per heavy atom. The number of para-hydroxylation sites is 2. The molecule has 1 aliphatic heterocycles.